The van der Waals surface area contributed by atoms with E-state index in [1.165, 1.54) is 11.3 Å². The molecule has 6 nitrogen and oxygen atoms in total. The van der Waals surface area contributed by atoms with Gasteiger partial charge in [-0.25, -0.2) is 0 Å². The van der Waals surface area contributed by atoms with Crippen molar-refractivity contribution in [1.29, 1.82) is 0 Å². The maximum Gasteiger partial charge on any atom is 0.312 e. The van der Waals surface area contributed by atoms with Crippen LogP contribution in [0.3, 0.4) is 0 Å². The summed E-state index contributed by atoms with van der Waals surface area (Å²) in [6.45, 7) is 10.2. The number of piperidine rings is 1. The largest absolute Gasteiger partial charge is 0.462 e. The van der Waals surface area contributed by atoms with Crippen molar-refractivity contribution in [3.63, 3.8) is 0 Å². The monoisotopic (exact) mass is 399 g/mol. The van der Waals surface area contributed by atoms with Crippen LogP contribution in [0.25, 0.3) is 0 Å². The minimum Gasteiger partial charge on any atom is -0.462 e. The Bertz CT molecular complexity index is 732. The van der Waals surface area contributed by atoms with E-state index >= 15 is 0 Å². The molecule has 0 aliphatic carbocycles. The highest BCUT2D eigenvalue weighted by molar-refractivity contribution is 5.80. The average Bonchev–Trinajstić information content (AvgIpc) is 3.03. The van der Waals surface area contributed by atoms with Gasteiger partial charge in [-0.15, -0.1) is 0 Å². The third-order valence-corrected chi connectivity index (χ3v) is 7.03. The molecule has 6 heteroatoms. The normalized spacial score (nSPS) is 24.8. The Morgan fingerprint density at radius 3 is 2.34 bits per heavy atom. The number of carbonyl (C=O) groups is 2. The Balaban J connectivity index is 1.22. The van der Waals surface area contributed by atoms with Crippen LogP contribution in [0.1, 0.15) is 38.2 Å². The zero-order valence-corrected chi connectivity index (χ0v) is 17.7. The quantitative estimate of drug-likeness (QED) is 0.728. The molecule has 3 aliphatic heterocycles. The standard InChI is InChI=1S/C23H33N3O3/c1-18-3-5-20(6-4-18)26-15-13-24(14-16-26)10-7-21-17-23(22(28)29-21)8-11-25(12-9-23)19(2)27/h3-6,21H,7-17H2,1-2H3/t21-/m1/s1. The van der Waals surface area contributed by atoms with Crippen molar-refractivity contribution in [2.45, 2.75) is 45.6 Å². The minimum absolute atomic E-state index is 0.0292. The van der Waals surface area contributed by atoms with Crippen LogP contribution in [0.15, 0.2) is 24.3 Å². The fraction of sp³-hybridized carbons (Fsp3) is 0.652. The number of aryl methyl sites for hydroxylation is 1. The molecule has 1 aromatic rings. The zero-order chi connectivity index (χ0) is 20.4. The number of amides is 1. The number of esters is 1. The van der Waals surface area contributed by atoms with E-state index in [-0.39, 0.29) is 23.4 Å². The van der Waals surface area contributed by atoms with Gasteiger partial charge in [-0.2, -0.15) is 0 Å². The van der Waals surface area contributed by atoms with Crippen LogP contribution in [0.2, 0.25) is 0 Å². The molecule has 0 bridgehead atoms. The number of cyclic esters (lactones) is 1. The summed E-state index contributed by atoms with van der Waals surface area (Å²) in [6.07, 6.45) is 3.25. The third kappa shape index (κ3) is 4.42. The molecule has 158 valence electrons. The summed E-state index contributed by atoms with van der Waals surface area (Å²) < 4.78 is 5.76. The average molecular weight is 400 g/mol. The summed E-state index contributed by atoms with van der Waals surface area (Å²) in [4.78, 5) is 30.9. The minimum atomic E-state index is -0.346. The van der Waals surface area contributed by atoms with E-state index in [1.54, 1.807) is 6.92 Å². The SMILES string of the molecule is CC(=O)N1CCC2(CC1)C[C@@H](CCN1CCN(c3ccc(C)cc3)CC1)OC2=O. The first-order chi connectivity index (χ1) is 13.9. The first kappa shape index (κ1) is 20.2. The van der Waals surface area contributed by atoms with Crippen LogP contribution in [0.4, 0.5) is 5.69 Å². The summed E-state index contributed by atoms with van der Waals surface area (Å²) in [6, 6.07) is 8.76. The Morgan fingerprint density at radius 1 is 1.07 bits per heavy atom. The van der Waals surface area contributed by atoms with Crippen molar-refractivity contribution in [3.8, 4) is 0 Å². The lowest BCUT2D eigenvalue weighted by molar-refractivity contribution is -0.152. The van der Waals surface area contributed by atoms with Crippen LogP contribution >= 0.6 is 0 Å². The molecule has 4 rings (SSSR count). The molecule has 0 radical (unpaired) electrons. The maximum atomic E-state index is 12.6. The Hall–Kier alpha value is -2.08. The molecule has 3 aliphatic rings. The number of piperazine rings is 1. The van der Waals surface area contributed by atoms with Crippen LogP contribution < -0.4 is 4.90 Å². The van der Waals surface area contributed by atoms with Crippen LogP contribution in [0, 0.1) is 12.3 Å². The van der Waals surface area contributed by atoms with Gasteiger partial charge >= 0.3 is 5.97 Å². The number of ether oxygens (including phenoxy) is 1. The van der Waals surface area contributed by atoms with Gasteiger partial charge in [0.2, 0.25) is 5.91 Å². The molecule has 1 spiro atoms. The molecule has 0 N–H and O–H groups in total. The van der Waals surface area contributed by atoms with Gasteiger partial charge < -0.3 is 14.5 Å². The van der Waals surface area contributed by atoms with Crippen molar-refractivity contribution >= 4 is 17.6 Å². The van der Waals surface area contributed by atoms with Gasteiger partial charge in [-0.1, -0.05) is 17.7 Å². The molecule has 1 atom stereocenters. The molecule has 1 aromatic carbocycles. The van der Waals surface area contributed by atoms with E-state index in [0.717, 1.165) is 58.4 Å². The molecule has 29 heavy (non-hydrogen) atoms. The zero-order valence-electron chi connectivity index (χ0n) is 17.7. The fourth-order valence-corrected chi connectivity index (χ4v) is 4.97. The molecule has 3 heterocycles. The molecule has 0 saturated carbocycles. The lowest BCUT2D eigenvalue weighted by Crippen LogP contribution is -2.47. The summed E-state index contributed by atoms with van der Waals surface area (Å²) in [5.74, 6) is 0.0717. The number of nitrogens with zero attached hydrogens (tertiary/aromatic N) is 3. The van der Waals surface area contributed by atoms with Crippen molar-refractivity contribution in [1.82, 2.24) is 9.80 Å². The number of carbonyl (C=O) groups excluding carboxylic acids is 2. The predicted octanol–water partition coefficient (Wildman–Crippen LogP) is 2.45. The van der Waals surface area contributed by atoms with Crippen LogP contribution in [-0.4, -0.2) is 73.6 Å². The van der Waals surface area contributed by atoms with Crippen LogP contribution in [0.5, 0.6) is 0 Å². The van der Waals surface area contributed by atoms with Gasteiger partial charge in [0.15, 0.2) is 0 Å². The lowest BCUT2D eigenvalue weighted by Gasteiger charge is -2.37. The van der Waals surface area contributed by atoms with Crippen LogP contribution in [-0.2, 0) is 14.3 Å². The second kappa shape index (κ2) is 8.34. The first-order valence-electron chi connectivity index (χ1n) is 11.0. The molecule has 3 saturated heterocycles. The second-order valence-electron chi connectivity index (χ2n) is 8.97. The molecule has 1 amide bonds. The number of likely N-dealkylation sites (tertiary alicyclic amines) is 1. The highest BCUT2D eigenvalue weighted by atomic mass is 16.6. The number of benzene rings is 1. The van der Waals surface area contributed by atoms with Crippen molar-refractivity contribution in [3.05, 3.63) is 29.8 Å². The van der Waals surface area contributed by atoms with Gasteiger partial charge in [-0.05, 0) is 38.3 Å². The van der Waals surface area contributed by atoms with E-state index in [2.05, 4.69) is 41.0 Å². The molecular formula is C23H33N3O3. The summed E-state index contributed by atoms with van der Waals surface area (Å²) >= 11 is 0. The van der Waals surface area contributed by atoms with Gasteiger partial charge in [0, 0.05) is 64.8 Å². The topological polar surface area (TPSA) is 53.1 Å². The van der Waals surface area contributed by atoms with Crippen molar-refractivity contribution in [2.75, 3.05) is 50.7 Å². The molecule has 3 fully saturated rings. The van der Waals surface area contributed by atoms with E-state index < -0.39 is 0 Å². The number of hydrogen-bond acceptors (Lipinski definition) is 5. The first-order valence-corrected chi connectivity index (χ1v) is 11.0. The van der Waals surface area contributed by atoms with E-state index in [9.17, 15) is 9.59 Å². The Morgan fingerprint density at radius 2 is 1.72 bits per heavy atom. The number of hydrogen-bond donors (Lipinski definition) is 0. The molecule has 0 aromatic heterocycles. The second-order valence-corrected chi connectivity index (χ2v) is 8.97. The van der Waals surface area contributed by atoms with Gasteiger partial charge in [0.05, 0.1) is 5.41 Å². The number of rotatable bonds is 4. The van der Waals surface area contributed by atoms with E-state index in [0.29, 0.717) is 13.1 Å². The summed E-state index contributed by atoms with van der Waals surface area (Å²) in [5.41, 5.74) is 2.25. The summed E-state index contributed by atoms with van der Waals surface area (Å²) in [5, 5.41) is 0. The lowest BCUT2D eigenvalue weighted by atomic mass is 9.75. The maximum absolute atomic E-state index is 12.6. The summed E-state index contributed by atoms with van der Waals surface area (Å²) in [7, 11) is 0. The van der Waals surface area contributed by atoms with E-state index in [4.69, 9.17) is 4.74 Å². The third-order valence-electron chi connectivity index (χ3n) is 7.03. The Labute approximate surface area is 173 Å². The van der Waals surface area contributed by atoms with Gasteiger partial charge in [0.25, 0.3) is 0 Å². The van der Waals surface area contributed by atoms with Gasteiger partial charge in [0.1, 0.15) is 6.10 Å². The smallest absolute Gasteiger partial charge is 0.312 e. The highest BCUT2D eigenvalue weighted by Gasteiger charge is 2.50. The highest BCUT2D eigenvalue weighted by Crippen LogP contribution is 2.43. The molecular weight excluding hydrogens is 366 g/mol. The van der Waals surface area contributed by atoms with Gasteiger partial charge in [-0.3, -0.25) is 14.5 Å². The predicted molar refractivity (Wildman–Crippen MR) is 113 cm³/mol. The van der Waals surface area contributed by atoms with E-state index in [1.807, 2.05) is 4.90 Å². The fourth-order valence-electron chi connectivity index (χ4n) is 4.97. The van der Waals surface area contributed by atoms with Crippen molar-refractivity contribution in [2.24, 2.45) is 5.41 Å². The number of anilines is 1. The Kier molecular flexibility index (Phi) is 5.81. The van der Waals surface area contributed by atoms with Crippen molar-refractivity contribution < 1.29 is 14.3 Å². The molecule has 0 unspecified atom stereocenters.